The average molecular weight is 381 g/mol. The largest absolute Gasteiger partial charge is 0.464 e. The zero-order chi connectivity index (χ0) is 20.4. The van der Waals surface area contributed by atoms with Gasteiger partial charge in [0, 0.05) is 5.92 Å². The minimum Gasteiger partial charge on any atom is -0.464 e. The van der Waals surface area contributed by atoms with Gasteiger partial charge < -0.3 is 16.2 Å². The second kappa shape index (κ2) is 11.1. The maximum absolute atomic E-state index is 12.2. The van der Waals surface area contributed by atoms with Gasteiger partial charge in [0.05, 0.1) is 0 Å². The van der Waals surface area contributed by atoms with Crippen LogP contribution in [0.3, 0.4) is 0 Å². The van der Waals surface area contributed by atoms with Crippen molar-refractivity contribution in [3.63, 3.8) is 0 Å². The van der Waals surface area contributed by atoms with E-state index in [1.54, 1.807) is 0 Å². The summed E-state index contributed by atoms with van der Waals surface area (Å²) in [6.07, 6.45) is 4.28. The van der Waals surface area contributed by atoms with Crippen LogP contribution < -0.4 is 11.5 Å². The second-order valence-corrected chi connectivity index (χ2v) is 6.70. The summed E-state index contributed by atoms with van der Waals surface area (Å²) in [6, 6.07) is 16.1. The van der Waals surface area contributed by atoms with Gasteiger partial charge in [-0.3, -0.25) is 4.79 Å². The number of nitrogens with one attached hydrogen (secondary N) is 1. The number of esters is 1. The molecule has 0 heterocycles. The molecule has 1 atom stereocenters. The number of benzene rings is 2. The maximum Gasteiger partial charge on any atom is 0.322 e. The molecular formula is C22H27N3O3. The van der Waals surface area contributed by atoms with E-state index in [9.17, 15) is 4.79 Å². The fraction of sp³-hybridized carbons (Fsp3) is 0.364. The van der Waals surface area contributed by atoms with Gasteiger partial charge in [0.15, 0.2) is 0 Å². The summed E-state index contributed by atoms with van der Waals surface area (Å²) < 4.78 is 5.57. The van der Waals surface area contributed by atoms with Crippen LogP contribution in [0.25, 0.3) is 11.1 Å². The predicted octanol–water partition coefficient (Wildman–Crippen LogP) is 3.09. The van der Waals surface area contributed by atoms with Crippen LogP contribution in [0.5, 0.6) is 0 Å². The lowest BCUT2D eigenvalue weighted by Gasteiger charge is -2.16. The highest BCUT2D eigenvalue weighted by Crippen LogP contribution is 2.44. The number of hydrogen-bond donors (Lipinski definition) is 3. The summed E-state index contributed by atoms with van der Waals surface area (Å²) >= 11 is 0. The first-order valence-corrected chi connectivity index (χ1v) is 9.48. The van der Waals surface area contributed by atoms with Crippen molar-refractivity contribution >= 4 is 12.0 Å². The van der Waals surface area contributed by atoms with Crippen molar-refractivity contribution in [1.82, 2.24) is 0 Å². The summed E-state index contributed by atoms with van der Waals surface area (Å²) in [5, 5.41) is 5.40. The Bertz CT molecular complexity index is 771. The minimum absolute atomic E-state index is 0.0841. The van der Waals surface area contributed by atoms with Gasteiger partial charge >= 0.3 is 5.97 Å². The van der Waals surface area contributed by atoms with E-state index in [4.69, 9.17) is 26.4 Å². The molecule has 0 saturated carbocycles. The van der Waals surface area contributed by atoms with Gasteiger partial charge in [-0.1, -0.05) is 61.4 Å². The van der Waals surface area contributed by atoms with E-state index in [1.165, 1.54) is 22.3 Å². The first-order valence-electron chi connectivity index (χ1n) is 9.48. The quantitative estimate of drug-likeness (QED) is 0.281. The van der Waals surface area contributed by atoms with Crippen molar-refractivity contribution in [2.45, 2.75) is 37.6 Å². The normalized spacial score (nSPS) is 12.8. The summed E-state index contributed by atoms with van der Waals surface area (Å²) in [6.45, 7) is 1.02. The van der Waals surface area contributed by atoms with Crippen LogP contribution in [0.1, 0.15) is 42.7 Å². The molecule has 148 valence electrons. The van der Waals surface area contributed by atoms with Gasteiger partial charge in [0.1, 0.15) is 12.6 Å². The molecule has 6 heteroatoms. The summed E-state index contributed by atoms with van der Waals surface area (Å²) in [4.78, 5) is 20.6. The molecule has 0 amide bonds. The van der Waals surface area contributed by atoms with Crippen molar-refractivity contribution in [3.05, 3.63) is 59.7 Å². The van der Waals surface area contributed by atoms with Gasteiger partial charge in [0.25, 0.3) is 0 Å². The van der Waals surface area contributed by atoms with Crippen LogP contribution in [0, 0.1) is 5.41 Å². The Hall–Kier alpha value is -2.79. The Morgan fingerprint density at radius 1 is 1.04 bits per heavy atom. The lowest BCUT2D eigenvalue weighted by atomic mass is 9.98. The lowest BCUT2D eigenvalue weighted by Crippen LogP contribution is -2.33. The first-order chi connectivity index (χ1) is 13.6. The van der Waals surface area contributed by atoms with E-state index in [0.29, 0.717) is 19.6 Å². The molecule has 28 heavy (non-hydrogen) atoms. The molecule has 0 aromatic heterocycles. The number of ether oxygens (including phenoxy) is 1. The highest BCUT2D eigenvalue weighted by Gasteiger charge is 2.29. The Labute approximate surface area is 165 Å². The van der Waals surface area contributed by atoms with Gasteiger partial charge in [-0.25, -0.2) is 10.2 Å². The first kappa shape index (κ1) is 21.5. The maximum atomic E-state index is 12.2. The van der Waals surface area contributed by atoms with E-state index in [-0.39, 0.29) is 11.9 Å². The van der Waals surface area contributed by atoms with Crippen molar-refractivity contribution in [1.29, 1.82) is 5.41 Å². The number of unbranched alkanes of at least 4 members (excludes halogenated alkanes) is 2. The average Bonchev–Trinajstić information content (AvgIpc) is 3.04. The molecule has 1 aliphatic rings. The topological polar surface area (TPSA) is 119 Å². The van der Waals surface area contributed by atoms with E-state index in [1.807, 2.05) is 24.3 Å². The van der Waals surface area contributed by atoms with Crippen molar-refractivity contribution in [2.75, 3.05) is 13.2 Å². The Morgan fingerprint density at radius 3 is 2.11 bits per heavy atom. The van der Waals surface area contributed by atoms with Crippen LogP contribution in [0.4, 0.5) is 0 Å². The predicted molar refractivity (Wildman–Crippen MR) is 109 cm³/mol. The fourth-order valence-electron chi connectivity index (χ4n) is 3.52. The molecule has 0 radical (unpaired) electrons. The SMILES string of the molecule is N=C=O.NCCCCCC(N)C(=O)OCC1c2ccccc2-c2ccccc21. The molecule has 2 aromatic carbocycles. The Morgan fingerprint density at radius 2 is 1.57 bits per heavy atom. The third-order valence-corrected chi connectivity index (χ3v) is 4.88. The van der Waals surface area contributed by atoms with Gasteiger partial charge in [-0.15, -0.1) is 0 Å². The second-order valence-electron chi connectivity index (χ2n) is 6.70. The van der Waals surface area contributed by atoms with Crippen molar-refractivity contribution in [3.8, 4) is 11.1 Å². The molecule has 0 aliphatic heterocycles. The fourth-order valence-corrected chi connectivity index (χ4v) is 3.52. The van der Waals surface area contributed by atoms with Crippen LogP contribution in [0.15, 0.2) is 48.5 Å². The lowest BCUT2D eigenvalue weighted by molar-refractivity contribution is -0.145. The number of carbonyl (C=O) groups is 1. The number of nitrogens with two attached hydrogens (primary N) is 2. The van der Waals surface area contributed by atoms with E-state index in [2.05, 4.69) is 24.3 Å². The third-order valence-electron chi connectivity index (χ3n) is 4.88. The molecule has 6 nitrogen and oxygen atoms in total. The van der Waals surface area contributed by atoms with Crippen molar-refractivity contribution < 1.29 is 14.3 Å². The number of fused-ring (bicyclic) bond motifs is 3. The molecular weight excluding hydrogens is 354 g/mol. The molecule has 1 aliphatic carbocycles. The molecule has 3 rings (SSSR count). The zero-order valence-electron chi connectivity index (χ0n) is 15.9. The molecule has 0 bridgehead atoms. The van der Waals surface area contributed by atoms with E-state index < -0.39 is 6.04 Å². The standard InChI is InChI=1S/C21H26N2O2.CHNO/c22-13-7-1-2-12-20(23)21(24)25-14-19-17-10-5-3-8-15(17)16-9-4-6-11-18(16)19;2-1-3/h3-6,8-11,19-20H,1-2,7,12-14,22-23H2;2H. The molecule has 1 unspecified atom stereocenters. The minimum atomic E-state index is -0.551. The highest BCUT2D eigenvalue weighted by atomic mass is 16.5. The van der Waals surface area contributed by atoms with Crippen LogP contribution in [-0.2, 0) is 14.3 Å². The van der Waals surface area contributed by atoms with Crippen LogP contribution in [-0.4, -0.2) is 31.2 Å². The summed E-state index contributed by atoms with van der Waals surface area (Å²) in [5.74, 6) is -0.226. The van der Waals surface area contributed by atoms with Crippen LogP contribution >= 0.6 is 0 Å². The highest BCUT2D eigenvalue weighted by molar-refractivity contribution is 5.79. The summed E-state index contributed by atoms with van der Waals surface area (Å²) in [7, 11) is 0. The van der Waals surface area contributed by atoms with Crippen LogP contribution in [0.2, 0.25) is 0 Å². The molecule has 0 fully saturated rings. The van der Waals surface area contributed by atoms with Gasteiger partial charge in [-0.2, -0.15) is 0 Å². The van der Waals surface area contributed by atoms with E-state index >= 15 is 0 Å². The Kier molecular flexibility index (Phi) is 8.56. The number of rotatable bonds is 8. The van der Waals surface area contributed by atoms with Gasteiger partial charge in [0.2, 0.25) is 6.08 Å². The summed E-state index contributed by atoms with van der Waals surface area (Å²) in [5.41, 5.74) is 16.3. The Balaban J connectivity index is 0.000000878. The van der Waals surface area contributed by atoms with Crippen molar-refractivity contribution in [2.24, 2.45) is 11.5 Å². The zero-order valence-corrected chi connectivity index (χ0v) is 15.9. The monoisotopic (exact) mass is 381 g/mol. The molecule has 2 aromatic rings. The number of hydrogen-bond acceptors (Lipinski definition) is 6. The smallest absolute Gasteiger partial charge is 0.322 e. The molecule has 0 spiro atoms. The molecule has 5 N–H and O–H groups in total. The van der Waals surface area contributed by atoms with Gasteiger partial charge in [-0.05, 0) is 41.6 Å². The molecule has 0 saturated heterocycles. The third kappa shape index (κ3) is 5.36. The number of isocyanates is 1. The van der Waals surface area contributed by atoms with E-state index in [0.717, 1.165) is 25.3 Å². The number of carbonyl (C=O) groups excluding carboxylic acids is 2.